The van der Waals surface area contributed by atoms with Crippen molar-refractivity contribution in [2.24, 2.45) is 0 Å². The summed E-state index contributed by atoms with van der Waals surface area (Å²) in [4.78, 5) is 17.5. The fourth-order valence-corrected chi connectivity index (χ4v) is 1.92. The SMILES string of the molecule is Nc1nc(O)c(-c2ccc(Cl)cc2Cl)c(=O)[nH]1.[Na+]. The van der Waals surface area contributed by atoms with E-state index >= 15 is 0 Å². The fraction of sp³-hybridized carbons (Fsp3) is 0. The summed E-state index contributed by atoms with van der Waals surface area (Å²) in [6, 6.07) is 4.54. The quantitative estimate of drug-likeness (QED) is 0.591. The van der Waals surface area contributed by atoms with Gasteiger partial charge in [0.15, 0.2) is 0 Å². The van der Waals surface area contributed by atoms with Crippen molar-refractivity contribution >= 4 is 29.2 Å². The number of aromatic hydroxyl groups is 1. The summed E-state index contributed by atoms with van der Waals surface area (Å²) in [6.07, 6.45) is 0. The Bertz CT molecular complexity index is 646. The van der Waals surface area contributed by atoms with E-state index in [1.54, 1.807) is 6.07 Å². The molecule has 0 fully saturated rings. The van der Waals surface area contributed by atoms with Gasteiger partial charge < -0.3 is 10.8 Å². The zero-order chi connectivity index (χ0) is 12.6. The molecule has 0 unspecified atom stereocenters. The van der Waals surface area contributed by atoms with E-state index in [1.165, 1.54) is 12.1 Å². The molecule has 2 aromatic rings. The second-order valence-electron chi connectivity index (χ2n) is 3.27. The number of aromatic amines is 1. The Morgan fingerprint density at radius 2 is 2.00 bits per heavy atom. The first kappa shape index (κ1) is 15.3. The van der Waals surface area contributed by atoms with Crippen molar-refractivity contribution < 1.29 is 34.7 Å². The minimum Gasteiger partial charge on any atom is -0.493 e. The van der Waals surface area contributed by atoms with Gasteiger partial charge in [0.2, 0.25) is 11.8 Å². The molecule has 0 saturated carbocycles. The number of halogens is 2. The first-order chi connectivity index (χ1) is 7.99. The molecule has 0 atom stereocenters. The predicted octanol–water partition coefficient (Wildman–Crippen LogP) is -0.965. The van der Waals surface area contributed by atoms with E-state index < -0.39 is 11.4 Å². The molecular weight excluding hydrogens is 288 g/mol. The molecule has 0 radical (unpaired) electrons. The number of nitrogens with one attached hydrogen (secondary N) is 1. The molecule has 0 spiro atoms. The van der Waals surface area contributed by atoms with Crippen molar-refractivity contribution in [1.82, 2.24) is 9.97 Å². The minimum absolute atomic E-state index is 0. The predicted molar refractivity (Wildman–Crippen MR) is 66.4 cm³/mol. The van der Waals surface area contributed by atoms with Crippen LogP contribution < -0.4 is 40.9 Å². The molecule has 0 aliphatic rings. The van der Waals surface area contributed by atoms with Crippen LogP contribution in [0, 0.1) is 0 Å². The standard InChI is InChI=1S/C10H7Cl2N3O2.Na/c11-4-1-2-5(6(12)3-4)7-8(16)14-10(13)15-9(7)17;/h1-3H,(H4,13,14,15,16,17);/q;+1. The van der Waals surface area contributed by atoms with Crippen LogP contribution in [0.15, 0.2) is 23.0 Å². The number of hydrogen-bond donors (Lipinski definition) is 3. The van der Waals surface area contributed by atoms with E-state index in [1.807, 2.05) is 0 Å². The molecule has 0 aliphatic heterocycles. The Morgan fingerprint density at radius 1 is 1.33 bits per heavy atom. The van der Waals surface area contributed by atoms with Crippen LogP contribution >= 0.6 is 23.2 Å². The van der Waals surface area contributed by atoms with Crippen LogP contribution in [0.25, 0.3) is 11.1 Å². The minimum atomic E-state index is -0.570. The van der Waals surface area contributed by atoms with Crippen LogP contribution in [0.4, 0.5) is 5.95 Å². The Labute approximate surface area is 134 Å². The number of hydrogen-bond acceptors (Lipinski definition) is 4. The van der Waals surface area contributed by atoms with Gasteiger partial charge in [-0.2, -0.15) is 4.98 Å². The third kappa shape index (κ3) is 2.99. The normalized spacial score (nSPS) is 9.89. The van der Waals surface area contributed by atoms with Gasteiger partial charge >= 0.3 is 29.6 Å². The van der Waals surface area contributed by atoms with Crippen LogP contribution in [0.1, 0.15) is 0 Å². The molecule has 0 aliphatic carbocycles. The third-order valence-corrected chi connectivity index (χ3v) is 2.67. The molecule has 2 rings (SSSR count). The van der Waals surface area contributed by atoms with Gasteiger partial charge in [0, 0.05) is 10.6 Å². The van der Waals surface area contributed by atoms with Crippen molar-refractivity contribution in [2.75, 3.05) is 5.73 Å². The van der Waals surface area contributed by atoms with Crippen molar-refractivity contribution in [2.45, 2.75) is 0 Å². The first-order valence-electron chi connectivity index (χ1n) is 4.53. The first-order valence-corrected chi connectivity index (χ1v) is 5.29. The molecule has 4 N–H and O–H groups in total. The summed E-state index contributed by atoms with van der Waals surface area (Å²) < 4.78 is 0. The van der Waals surface area contributed by atoms with E-state index in [9.17, 15) is 9.90 Å². The average Bonchev–Trinajstić information content (AvgIpc) is 2.19. The summed E-state index contributed by atoms with van der Waals surface area (Å²) >= 11 is 11.7. The molecule has 1 aromatic carbocycles. The Morgan fingerprint density at radius 3 is 2.56 bits per heavy atom. The summed E-state index contributed by atoms with van der Waals surface area (Å²) in [5.41, 5.74) is 5.01. The summed E-state index contributed by atoms with van der Waals surface area (Å²) in [5.74, 6) is -0.642. The topological polar surface area (TPSA) is 92.0 Å². The van der Waals surface area contributed by atoms with Crippen LogP contribution in [0.5, 0.6) is 5.88 Å². The van der Waals surface area contributed by atoms with Gasteiger partial charge in [0.25, 0.3) is 5.56 Å². The molecule has 1 aromatic heterocycles. The molecule has 5 nitrogen and oxygen atoms in total. The van der Waals surface area contributed by atoms with E-state index in [2.05, 4.69) is 9.97 Å². The average molecular weight is 295 g/mol. The number of anilines is 1. The van der Waals surface area contributed by atoms with Gasteiger partial charge in [-0.05, 0) is 12.1 Å². The molecule has 88 valence electrons. The molecular formula is C10H7Cl2N3NaO2+. The van der Waals surface area contributed by atoms with Crippen LogP contribution in [-0.4, -0.2) is 15.1 Å². The number of nitrogen functional groups attached to an aromatic ring is 1. The molecule has 0 bridgehead atoms. The van der Waals surface area contributed by atoms with E-state index in [-0.39, 0.29) is 46.1 Å². The van der Waals surface area contributed by atoms with Crippen molar-refractivity contribution in [1.29, 1.82) is 0 Å². The molecule has 1 heterocycles. The number of aromatic nitrogens is 2. The van der Waals surface area contributed by atoms with E-state index in [0.29, 0.717) is 10.6 Å². The van der Waals surface area contributed by atoms with E-state index in [0.717, 1.165) is 0 Å². The number of benzene rings is 1. The summed E-state index contributed by atoms with van der Waals surface area (Å²) in [7, 11) is 0. The maximum absolute atomic E-state index is 11.7. The van der Waals surface area contributed by atoms with E-state index in [4.69, 9.17) is 28.9 Å². The molecule has 8 heteroatoms. The van der Waals surface area contributed by atoms with Crippen molar-refractivity contribution in [3.05, 3.63) is 38.6 Å². The zero-order valence-corrected chi connectivity index (χ0v) is 12.9. The Balaban J connectivity index is 0.00000162. The number of H-pyrrole nitrogens is 1. The molecule has 0 saturated heterocycles. The van der Waals surface area contributed by atoms with Crippen LogP contribution in [0.2, 0.25) is 10.0 Å². The van der Waals surface area contributed by atoms with Crippen LogP contribution in [0.3, 0.4) is 0 Å². The summed E-state index contributed by atoms with van der Waals surface area (Å²) in [5, 5.41) is 10.3. The zero-order valence-electron chi connectivity index (χ0n) is 9.37. The fourth-order valence-electron chi connectivity index (χ4n) is 1.41. The van der Waals surface area contributed by atoms with Crippen molar-refractivity contribution in [3.8, 4) is 17.0 Å². The van der Waals surface area contributed by atoms with Gasteiger partial charge in [0.05, 0.1) is 5.02 Å². The number of rotatable bonds is 1. The van der Waals surface area contributed by atoms with Gasteiger partial charge in [-0.1, -0.05) is 29.3 Å². The van der Waals surface area contributed by atoms with Gasteiger partial charge in [-0.15, -0.1) is 0 Å². The largest absolute Gasteiger partial charge is 1.00 e. The van der Waals surface area contributed by atoms with Crippen LogP contribution in [-0.2, 0) is 0 Å². The van der Waals surface area contributed by atoms with Gasteiger partial charge in [-0.25, -0.2) is 0 Å². The maximum atomic E-state index is 11.7. The smallest absolute Gasteiger partial charge is 0.493 e. The second kappa shape index (κ2) is 5.95. The monoisotopic (exact) mass is 294 g/mol. The second-order valence-corrected chi connectivity index (χ2v) is 4.12. The van der Waals surface area contributed by atoms with Crippen molar-refractivity contribution in [3.63, 3.8) is 0 Å². The Kier molecular flexibility index (Phi) is 5.07. The number of nitrogens with zero attached hydrogens (tertiary/aromatic N) is 1. The summed E-state index contributed by atoms with van der Waals surface area (Å²) in [6.45, 7) is 0. The van der Waals surface area contributed by atoms with Gasteiger partial charge in [0.1, 0.15) is 5.56 Å². The number of nitrogens with two attached hydrogens (primary N) is 1. The van der Waals surface area contributed by atoms with Gasteiger partial charge in [-0.3, -0.25) is 9.78 Å². The Hall–Kier alpha value is -0.720. The third-order valence-electron chi connectivity index (χ3n) is 2.12. The molecule has 18 heavy (non-hydrogen) atoms. The maximum Gasteiger partial charge on any atom is 1.00 e. The molecule has 0 amide bonds.